The molecule has 20 heavy (non-hydrogen) atoms. The molecule has 2 N–H and O–H groups in total. The number of benzene rings is 1. The van der Waals surface area contributed by atoms with Crippen LogP contribution in [0.1, 0.15) is 24.8 Å². The van der Waals surface area contributed by atoms with E-state index in [4.69, 9.17) is 10.5 Å². The average molecular weight is 270 g/mol. The zero-order valence-corrected chi connectivity index (χ0v) is 11.5. The summed E-state index contributed by atoms with van der Waals surface area (Å²) in [5, 5.41) is 9.39. The predicted molar refractivity (Wildman–Crippen MR) is 73.4 cm³/mol. The zero-order valence-electron chi connectivity index (χ0n) is 11.5. The maximum Gasteiger partial charge on any atom is 0.309 e. The largest absolute Gasteiger partial charge is 0.466 e. The van der Waals surface area contributed by atoms with E-state index in [1.165, 1.54) is 0 Å². The Morgan fingerprint density at radius 1 is 1.50 bits per heavy atom. The first-order chi connectivity index (χ1) is 9.62. The fourth-order valence-electron chi connectivity index (χ4n) is 3.84. The van der Waals surface area contributed by atoms with E-state index in [1.807, 2.05) is 30.3 Å². The first kappa shape index (κ1) is 13.1. The van der Waals surface area contributed by atoms with Gasteiger partial charge in [0, 0.05) is 5.92 Å². The monoisotopic (exact) mass is 270 g/mol. The van der Waals surface area contributed by atoms with Crippen molar-refractivity contribution in [2.75, 3.05) is 6.61 Å². The zero-order chi connectivity index (χ0) is 14.3. The Labute approximate surface area is 118 Å². The van der Waals surface area contributed by atoms with E-state index >= 15 is 0 Å². The number of rotatable bonds is 3. The molecule has 104 valence electrons. The molecule has 0 radical (unpaired) electrons. The summed E-state index contributed by atoms with van der Waals surface area (Å²) in [6, 6.07) is 12.2. The standard InChI is InChI=1S/C16H18N2O2/c1-2-20-15(19)13-12-11(10-6-4-3-5-7-10)8-16(18,9-17)14(12)13/h3-7,11-14H,2,8,18H2,1H3. The third-order valence-electron chi connectivity index (χ3n) is 4.69. The van der Waals surface area contributed by atoms with Crippen molar-refractivity contribution >= 4 is 5.97 Å². The molecule has 0 heterocycles. The lowest BCUT2D eigenvalue weighted by Gasteiger charge is -2.22. The van der Waals surface area contributed by atoms with Crippen molar-refractivity contribution in [2.24, 2.45) is 23.5 Å². The Morgan fingerprint density at radius 2 is 2.20 bits per heavy atom. The average Bonchev–Trinajstić information content (AvgIpc) is 3.15. The van der Waals surface area contributed by atoms with Crippen molar-refractivity contribution in [1.82, 2.24) is 0 Å². The summed E-state index contributed by atoms with van der Waals surface area (Å²) < 4.78 is 5.12. The quantitative estimate of drug-likeness (QED) is 0.850. The van der Waals surface area contributed by atoms with Crippen molar-refractivity contribution in [2.45, 2.75) is 24.8 Å². The van der Waals surface area contributed by atoms with Gasteiger partial charge in [-0.1, -0.05) is 30.3 Å². The molecule has 5 atom stereocenters. The summed E-state index contributed by atoms with van der Waals surface area (Å²) in [6.07, 6.45) is 0.624. The van der Waals surface area contributed by atoms with Crippen molar-refractivity contribution in [1.29, 1.82) is 5.26 Å². The van der Waals surface area contributed by atoms with Crippen LogP contribution in [0.4, 0.5) is 0 Å². The van der Waals surface area contributed by atoms with E-state index < -0.39 is 5.54 Å². The summed E-state index contributed by atoms with van der Waals surface area (Å²) in [7, 11) is 0. The highest BCUT2D eigenvalue weighted by Gasteiger charge is 2.72. The molecule has 0 aromatic heterocycles. The Hall–Kier alpha value is -1.86. The molecule has 1 aromatic carbocycles. The summed E-state index contributed by atoms with van der Waals surface area (Å²) in [6.45, 7) is 2.17. The highest BCUT2D eigenvalue weighted by molar-refractivity contribution is 5.78. The highest BCUT2D eigenvalue weighted by atomic mass is 16.5. The van der Waals surface area contributed by atoms with Crippen LogP contribution in [0, 0.1) is 29.1 Å². The van der Waals surface area contributed by atoms with E-state index in [-0.39, 0.29) is 29.6 Å². The SMILES string of the molecule is CCOC(=O)C1C2C(c3ccccc3)CC(N)(C#N)C12. The van der Waals surface area contributed by atoms with Crippen LogP contribution in [0.5, 0.6) is 0 Å². The molecule has 2 aliphatic rings. The van der Waals surface area contributed by atoms with Crippen LogP contribution in [-0.4, -0.2) is 18.1 Å². The molecule has 3 rings (SSSR count). The maximum absolute atomic E-state index is 12.0. The summed E-state index contributed by atoms with van der Waals surface area (Å²) >= 11 is 0. The van der Waals surface area contributed by atoms with Crippen LogP contribution < -0.4 is 5.73 Å². The van der Waals surface area contributed by atoms with Gasteiger partial charge in [-0.15, -0.1) is 0 Å². The predicted octanol–water partition coefficient (Wildman–Crippen LogP) is 1.82. The van der Waals surface area contributed by atoms with E-state index in [9.17, 15) is 10.1 Å². The maximum atomic E-state index is 12.0. The molecule has 0 spiro atoms. The van der Waals surface area contributed by atoms with Gasteiger partial charge in [-0.25, -0.2) is 0 Å². The minimum Gasteiger partial charge on any atom is -0.466 e. The van der Waals surface area contributed by atoms with Crippen LogP contribution in [0.15, 0.2) is 30.3 Å². The molecule has 2 aliphatic carbocycles. The van der Waals surface area contributed by atoms with Gasteiger partial charge in [-0.3, -0.25) is 4.79 Å². The second-order valence-corrected chi connectivity index (χ2v) is 5.75. The van der Waals surface area contributed by atoms with E-state index in [1.54, 1.807) is 6.92 Å². The number of nitrogens with two attached hydrogens (primary N) is 1. The summed E-state index contributed by atoms with van der Waals surface area (Å²) in [5.41, 5.74) is 6.49. The fraction of sp³-hybridized carbons (Fsp3) is 0.500. The molecule has 0 aliphatic heterocycles. The molecule has 5 unspecified atom stereocenters. The van der Waals surface area contributed by atoms with Crippen molar-refractivity contribution in [3.63, 3.8) is 0 Å². The minimum absolute atomic E-state index is 0.0586. The lowest BCUT2D eigenvalue weighted by Crippen LogP contribution is -2.41. The van der Waals surface area contributed by atoms with Gasteiger partial charge >= 0.3 is 5.97 Å². The number of hydrogen-bond donors (Lipinski definition) is 1. The fourth-order valence-corrected chi connectivity index (χ4v) is 3.84. The number of carbonyl (C=O) groups excluding carboxylic acids is 1. The number of fused-ring (bicyclic) bond motifs is 1. The Kier molecular flexibility index (Phi) is 3.02. The smallest absolute Gasteiger partial charge is 0.309 e. The molecular formula is C16H18N2O2. The van der Waals surface area contributed by atoms with Gasteiger partial charge in [0.15, 0.2) is 0 Å². The minimum atomic E-state index is -0.900. The van der Waals surface area contributed by atoms with Crippen LogP contribution in [0.2, 0.25) is 0 Å². The van der Waals surface area contributed by atoms with Gasteiger partial charge in [0.1, 0.15) is 5.54 Å². The number of carbonyl (C=O) groups is 1. The van der Waals surface area contributed by atoms with Gasteiger partial charge in [0.2, 0.25) is 0 Å². The van der Waals surface area contributed by atoms with Crippen LogP contribution >= 0.6 is 0 Å². The van der Waals surface area contributed by atoms with Crippen molar-refractivity contribution < 1.29 is 9.53 Å². The lowest BCUT2D eigenvalue weighted by atomic mass is 9.85. The van der Waals surface area contributed by atoms with Crippen LogP contribution in [0.25, 0.3) is 0 Å². The van der Waals surface area contributed by atoms with Gasteiger partial charge in [0.25, 0.3) is 0 Å². The lowest BCUT2D eigenvalue weighted by molar-refractivity contribution is -0.145. The molecule has 4 heteroatoms. The molecule has 1 aromatic rings. The second kappa shape index (κ2) is 4.60. The van der Waals surface area contributed by atoms with E-state index in [2.05, 4.69) is 6.07 Å². The van der Waals surface area contributed by atoms with Gasteiger partial charge in [-0.05, 0) is 30.7 Å². The van der Waals surface area contributed by atoms with Crippen molar-refractivity contribution in [3.8, 4) is 6.07 Å². The molecule has 0 bridgehead atoms. The van der Waals surface area contributed by atoms with Gasteiger partial charge in [-0.2, -0.15) is 5.26 Å². The first-order valence-electron chi connectivity index (χ1n) is 7.04. The van der Waals surface area contributed by atoms with Crippen molar-refractivity contribution in [3.05, 3.63) is 35.9 Å². The molecule has 4 nitrogen and oxygen atoms in total. The molecule has 2 fully saturated rings. The molecule has 0 saturated heterocycles. The first-order valence-corrected chi connectivity index (χ1v) is 7.04. The normalized spacial score (nSPS) is 37.9. The number of ether oxygens (including phenoxy) is 1. The third kappa shape index (κ3) is 1.82. The Bertz CT molecular complexity index is 566. The molecule has 2 saturated carbocycles. The number of hydrogen-bond acceptors (Lipinski definition) is 4. The third-order valence-corrected chi connectivity index (χ3v) is 4.69. The summed E-state index contributed by atoms with van der Waals surface area (Å²) in [4.78, 5) is 12.0. The van der Waals surface area contributed by atoms with Crippen LogP contribution in [0.3, 0.4) is 0 Å². The highest BCUT2D eigenvalue weighted by Crippen LogP contribution is 2.67. The number of esters is 1. The van der Waals surface area contributed by atoms with Gasteiger partial charge < -0.3 is 10.5 Å². The van der Waals surface area contributed by atoms with Crippen LogP contribution in [-0.2, 0) is 9.53 Å². The second-order valence-electron chi connectivity index (χ2n) is 5.75. The van der Waals surface area contributed by atoms with Gasteiger partial charge in [0.05, 0.1) is 18.6 Å². The van der Waals surface area contributed by atoms with E-state index in [0.29, 0.717) is 13.0 Å². The topological polar surface area (TPSA) is 76.1 Å². The van der Waals surface area contributed by atoms with E-state index in [0.717, 1.165) is 5.56 Å². The summed E-state index contributed by atoms with van der Waals surface area (Å²) in [5.74, 6) is -0.134. The Balaban J connectivity index is 1.89. The number of nitriles is 1. The molecule has 0 amide bonds. The number of nitrogens with zero attached hydrogens (tertiary/aromatic N) is 1. The molecular weight excluding hydrogens is 252 g/mol. The Morgan fingerprint density at radius 3 is 2.80 bits per heavy atom.